The number of Topliss-reactive ketones (excluding diaryl/α,β-unsaturated/α-hetero) is 2. The van der Waals surface area contributed by atoms with E-state index in [0.717, 1.165) is 48.7 Å². The number of aliphatic hydroxyl groups excluding tert-OH is 2. The first-order valence-corrected chi connectivity index (χ1v) is 13.8. The Morgan fingerprint density at radius 3 is 2.49 bits per heavy atom. The van der Waals surface area contributed by atoms with E-state index in [0.29, 0.717) is 12.8 Å². The van der Waals surface area contributed by atoms with Gasteiger partial charge in [-0.1, -0.05) is 12.1 Å². The Kier molecular flexibility index (Phi) is 6.19. The second kappa shape index (κ2) is 9.34. The molecule has 3 unspecified atom stereocenters. The van der Waals surface area contributed by atoms with Crippen LogP contribution >= 0.6 is 0 Å². The monoisotopic (exact) mass is 533 g/mol. The van der Waals surface area contributed by atoms with E-state index in [1.54, 1.807) is 19.0 Å². The average Bonchev–Trinajstić information content (AvgIpc) is 3.68. The molecule has 4 atom stereocenters. The van der Waals surface area contributed by atoms with Gasteiger partial charge in [0, 0.05) is 25.2 Å². The zero-order chi connectivity index (χ0) is 27.7. The third-order valence-electron chi connectivity index (χ3n) is 9.30. The maximum absolute atomic E-state index is 13.9. The van der Waals surface area contributed by atoms with Crippen molar-refractivity contribution >= 4 is 23.0 Å². The van der Waals surface area contributed by atoms with Gasteiger partial charge in [0.25, 0.3) is 5.91 Å². The standard InChI is InChI=1S/C30H35N3O6/c1-32(2)25-19-12-16-11-18-17(15-7-9-33(10-8-15)13-14-3-4-14)5-6-20(34)22(18)26(35)21(16)27(36)23(19)28(37)24(29(25)38)30(31)39/h5-7,14,16,19,23,25,34,36,38H,3-4,8-13H2,1-2H3,(H2,31,39)/t16?,19?,23?,25-/m0/s1. The maximum atomic E-state index is 13.9. The number of primary amides is 1. The van der Waals surface area contributed by atoms with Crippen LogP contribution in [0.5, 0.6) is 5.75 Å². The molecule has 6 rings (SSSR count). The van der Waals surface area contributed by atoms with Gasteiger partial charge in [-0.2, -0.15) is 0 Å². The molecule has 206 valence electrons. The van der Waals surface area contributed by atoms with Crippen LogP contribution in [0.3, 0.4) is 0 Å². The number of phenolic OH excluding ortho intramolecular Hbond substituents is 1. The highest BCUT2D eigenvalue weighted by molar-refractivity contribution is 6.22. The number of carbonyl (C=O) groups excluding carboxylic acids is 3. The molecule has 39 heavy (non-hydrogen) atoms. The lowest BCUT2D eigenvalue weighted by atomic mass is 9.60. The van der Waals surface area contributed by atoms with E-state index in [2.05, 4.69) is 11.0 Å². The molecule has 0 aromatic heterocycles. The molecular weight excluding hydrogens is 498 g/mol. The summed E-state index contributed by atoms with van der Waals surface area (Å²) in [6, 6.07) is 2.69. The van der Waals surface area contributed by atoms with Crippen LogP contribution < -0.4 is 5.73 Å². The number of hydrogen-bond acceptors (Lipinski definition) is 8. The number of amides is 1. The molecule has 1 amide bonds. The van der Waals surface area contributed by atoms with E-state index in [-0.39, 0.29) is 28.4 Å². The fourth-order valence-electron chi connectivity index (χ4n) is 7.36. The highest BCUT2D eigenvalue weighted by Gasteiger charge is 2.54. The molecule has 1 aromatic carbocycles. The van der Waals surface area contributed by atoms with E-state index in [1.807, 2.05) is 6.07 Å². The number of aliphatic hydroxyl groups is 2. The van der Waals surface area contributed by atoms with Crippen LogP contribution in [0.2, 0.25) is 0 Å². The molecule has 9 nitrogen and oxygen atoms in total. The Labute approximate surface area is 227 Å². The molecule has 1 aromatic rings. The van der Waals surface area contributed by atoms with Crippen molar-refractivity contribution < 1.29 is 29.7 Å². The first kappa shape index (κ1) is 25.8. The summed E-state index contributed by atoms with van der Waals surface area (Å²) in [4.78, 5) is 43.5. The quantitative estimate of drug-likeness (QED) is 0.423. The van der Waals surface area contributed by atoms with Crippen molar-refractivity contribution in [2.45, 2.75) is 38.1 Å². The van der Waals surface area contributed by atoms with Gasteiger partial charge < -0.3 is 21.1 Å². The minimum absolute atomic E-state index is 0.112. The second-order valence-electron chi connectivity index (χ2n) is 12.0. The van der Waals surface area contributed by atoms with E-state index < -0.39 is 46.8 Å². The van der Waals surface area contributed by atoms with Crippen molar-refractivity contribution in [1.82, 2.24) is 9.80 Å². The number of likely N-dealkylation sites (N-methyl/N-ethyl adjacent to an activating group) is 1. The third-order valence-corrected chi connectivity index (χ3v) is 9.30. The summed E-state index contributed by atoms with van der Waals surface area (Å²) in [5, 5.41) is 33.1. The molecule has 0 radical (unpaired) electrons. The second-order valence-corrected chi connectivity index (χ2v) is 12.0. The molecule has 1 fully saturated rings. The summed E-state index contributed by atoms with van der Waals surface area (Å²) in [6.07, 6.45) is 6.46. The van der Waals surface area contributed by atoms with E-state index in [9.17, 15) is 29.7 Å². The average molecular weight is 534 g/mol. The van der Waals surface area contributed by atoms with Crippen molar-refractivity contribution in [3.63, 3.8) is 0 Å². The third kappa shape index (κ3) is 4.10. The molecule has 5 aliphatic rings. The highest BCUT2D eigenvalue weighted by atomic mass is 16.3. The molecule has 4 aliphatic carbocycles. The van der Waals surface area contributed by atoms with Gasteiger partial charge in [-0.15, -0.1) is 0 Å². The number of aromatic hydroxyl groups is 1. The lowest BCUT2D eigenvalue weighted by Gasteiger charge is -2.46. The van der Waals surface area contributed by atoms with Gasteiger partial charge in [-0.25, -0.2) is 0 Å². The van der Waals surface area contributed by atoms with Gasteiger partial charge >= 0.3 is 0 Å². The topological polar surface area (TPSA) is 144 Å². The maximum Gasteiger partial charge on any atom is 0.255 e. The first-order valence-electron chi connectivity index (χ1n) is 13.8. The first-order chi connectivity index (χ1) is 18.6. The van der Waals surface area contributed by atoms with Gasteiger partial charge in [0.2, 0.25) is 0 Å². The van der Waals surface area contributed by atoms with Crippen LogP contribution in [-0.4, -0.2) is 82.4 Å². The minimum atomic E-state index is -1.17. The summed E-state index contributed by atoms with van der Waals surface area (Å²) in [7, 11) is 3.45. The fraction of sp³-hybridized carbons (Fsp3) is 0.500. The minimum Gasteiger partial charge on any atom is -0.511 e. The number of rotatable bonds is 5. The van der Waals surface area contributed by atoms with Crippen LogP contribution in [-0.2, 0) is 16.0 Å². The Morgan fingerprint density at radius 1 is 1.13 bits per heavy atom. The molecule has 0 saturated heterocycles. The number of hydrogen-bond donors (Lipinski definition) is 4. The van der Waals surface area contributed by atoms with E-state index >= 15 is 0 Å². The van der Waals surface area contributed by atoms with E-state index in [4.69, 9.17) is 5.73 Å². The molecule has 0 spiro atoms. The smallest absolute Gasteiger partial charge is 0.255 e. The molecule has 1 aliphatic heterocycles. The largest absolute Gasteiger partial charge is 0.511 e. The van der Waals surface area contributed by atoms with Gasteiger partial charge in [0.1, 0.15) is 22.8 Å². The predicted molar refractivity (Wildman–Crippen MR) is 144 cm³/mol. The van der Waals surface area contributed by atoms with Gasteiger partial charge in [-0.05, 0) is 86.7 Å². The zero-order valence-electron chi connectivity index (χ0n) is 22.3. The number of carbonyl (C=O) groups is 3. The fourth-order valence-corrected chi connectivity index (χ4v) is 7.36. The number of benzene rings is 1. The van der Waals surface area contributed by atoms with Crippen molar-refractivity contribution in [3.05, 3.63) is 57.6 Å². The number of ketones is 2. The predicted octanol–water partition coefficient (Wildman–Crippen LogP) is 2.50. The number of nitrogens with two attached hydrogens (primary N) is 1. The van der Waals surface area contributed by atoms with Crippen LogP contribution in [0, 0.1) is 23.7 Å². The molecule has 9 heteroatoms. The van der Waals surface area contributed by atoms with E-state index in [1.165, 1.54) is 18.9 Å². The summed E-state index contributed by atoms with van der Waals surface area (Å²) < 4.78 is 0. The molecular formula is C30H35N3O6. The van der Waals surface area contributed by atoms with Crippen LogP contribution in [0.1, 0.15) is 47.2 Å². The van der Waals surface area contributed by atoms with Crippen molar-refractivity contribution in [2.75, 3.05) is 33.7 Å². The Bertz CT molecular complexity index is 1380. The normalized spacial score (nSPS) is 29.3. The van der Waals surface area contributed by atoms with Crippen LogP contribution in [0.4, 0.5) is 0 Å². The summed E-state index contributed by atoms with van der Waals surface area (Å²) >= 11 is 0. The Morgan fingerprint density at radius 2 is 1.87 bits per heavy atom. The van der Waals surface area contributed by atoms with Crippen molar-refractivity contribution in [1.29, 1.82) is 0 Å². The summed E-state index contributed by atoms with van der Waals surface area (Å²) in [5.74, 6) is -4.56. The lowest BCUT2D eigenvalue weighted by molar-refractivity contribution is -0.127. The van der Waals surface area contributed by atoms with Gasteiger partial charge in [0.15, 0.2) is 11.6 Å². The van der Waals surface area contributed by atoms with Crippen LogP contribution in [0.15, 0.2) is 40.9 Å². The molecule has 1 heterocycles. The van der Waals surface area contributed by atoms with Crippen molar-refractivity contribution in [3.8, 4) is 5.75 Å². The number of fused-ring (bicyclic) bond motifs is 3. The van der Waals surface area contributed by atoms with Crippen LogP contribution in [0.25, 0.3) is 5.57 Å². The lowest BCUT2D eigenvalue weighted by Crippen LogP contribution is -2.53. The molecule has 0 bridgehead atoms. The Balaban J connectivity index is 1.40. The SMILES string of the molecule is CN(C)[C@@H]1C(O)=C(C(N)=O)C(=O)C2C(O)=C3C(=O)c4c(O)ccc(C5=CCN(CC6CC6)CC5)c4CC3CC21. The summed E-state index contributed by atoms with van der Waals surface area (Å²) in [5.41, 5.74) is 8.06. The number of allylic oxidation sites excluding steroid dienone is 2. The summed E-state index contributed by atoms with van der Waals surface area (Å²) in [6.45, 7) is 2.93. The highest BCUT2D eigenvalue weighted by Crippen LogP contribution is 2.51. The number of phenols is 1. The zero-order valence-corrected chi connectivity index (χ0v) is 22.3. The molecule has 1 saturated carbocycles. The molecule has 5 N–H and O–H groups in total. The Hall–Kier alpha value is -3.43. The van der Waals surface area contributed by atoms with Crippen molar-refractivity contribution in [2.24, 2.45) is 29.4 Å². The number of nitrogens with zero attached hydrogens (tertiary/aromatic N) is 2. The van der Waals surface area contributed by atoms with Gasteiger partial charge in [0.05, 0.1) is 17.5 Å². The van der Waals surface area contributed by atoms with Gasteiger partial charge in [-0.3, -0.25) is 24.2 Å².